The molecule has 0 radical (unpaired) electrons. The summed E-state index contributed by atoms with van der Waals surface area (Å²) in [6, 6.07) is 77.7. The summed E-state index contributed by atoms with van der Waals surface area (Å²) in [7, 11) is 0. The van der Waals surface area contributed by atoms with Gasteiger partial charge in [-0.25, -0.2) is 0 Å². The maximum atomic E-state index is 2.59. The first kappa shape index (κ1) is 40.2. The molecule has 1 heterocycles. The molecule has 0 bridgehead atoms. The molecule has 2 nitrogen and oxygen atoms in total. The Morgan fingerprint density at radius 2 is 0.826 bits per heavy atom. The number of anilines is 3. The predicted molar refractivity (Wildman–Crippen MR) is 291 cm³/mol. The van der Waals surface area contributed by atoms with Crippen molar-refractivity contribution < 1.29 is 0 Å². The van der Waals surface area contributed by atoms with Crippen LogP contribution in [0, 0.1) is 0 Å². The van der Waals surface area contributed by atoms with E-state index in [0.29, 0.717) is 0 Å². The highest BCUT2D eigenvalue weighted by molar-refractivity contribution is 6.13. The summed E-state index contributed by atoms with van der Waals surface area (Å²) in [5.74, 6) is 0. The van der Waals surface area contributed by atoms with E-state index in [1.165, 1.54) is 128 Å². The van der Waals surface area contributed by atoms with Gasteiger partial charge in [-0.15, -0.1) is 0 Å². The fourth-order valence-corrected chi connectivity index (χ4v) is 13.1. The van der Waals surface area contributed by atoms with E-state index >= 15 is 0 Å². The van der Waals surface area contributed by atoms with E-state index in [2.05, 4.69) is 257 Å². The van der Waals surface area contributed by atoms with Crippen molar-refractivity contribution in [3.8, 4) is 50.2 Å². The number of hydrogen-bond donors (Lipinski definition) is 0. The molecule has 0 fully saturated rings. The number of aromatic nitrogens is 1. The number of fused-ring (bicyclic) bond motifs is 14. The maximum absolute atomic E-state index is 2.59. The van der Waals surface area contributed by atoms with Crippen molar-refractivity contribution in [1.82, 2.24) is 4.57 Å². The minimum absolute atomic E-state index is 0.134. The first-order valence-corrected chi connectivity index (χ1v) is 24.6. The standard InChI is InChI=1S/C67H52N2/c1-65(2)53-26-15-12-21-45(53)46-36-35-44(37-55(46)65)68(43-33-31-42(32-34-43)41-19-8-7-9-20-41)61-30-18-27-54-64(61)52-39-56-51(38-57(52)66(54,3)4)63-50-25-11-10-24-49(50)62(40-58(63)67(56,5)6)69-59-28-16-13-22-47(59)48-23-14-17-29-60(48)69/h7-40H,1-6H3. The van der Waals surface area contributed by atoms with Crippen molar-refractivity contribution in [2.45, 2.75) is 57.8 Å². The highest BCUT2D eigenvalue weighted by Crippen LogP contribution is 2.61. The molecule has 69 heavy (non-hydrogen) atoms. The molecule has 0 N–H and O–H groups in total. The zero-order chi connectivity index (χ0) is 46.6. The number of rotatable bonds is 5. The van der Waals surface area contributed by atoms with E-state index in [-0.39, 0.29) is 16.2 Å². The van der Waals surface area contributed by atoms with Gasteiger partial charge in [0, 0.05) is 49.3 Å². The van der Waals surface area contributed by atoms with Crippen LogP contribution in [0.3, 0.4) is 0 Å². The minimum Gasteiger partial charge on any atom is -0.310 e. The van der Waals surface area contributed by atoms with Crippen LogP contribution in [-0.4, -0.2) is 4.57 Å². The zero-order valence-electron chi connectivity index (χ0n) is 40.0. The Hall–Kier alpha value is -7.94. The summed E-state index contributed by atoms with van der Waals surface area (Å²) < 4.78 is 2.51. The SMILES string of the molecule is CC1(C)c2ccccc2-c2ccc(N(c3ccc(-c4ccccc4)cc3)c3cccc4c3-c3cc5c(cc3C4(C)C)-c3c(cc(-n4c6ccccc6c6ccccc64)c4ccccc34)C5(C)C)cc21. The van der Waals surface area contributed by atoms with E-state index in [0.717, 1.165) is 5.69 Å². The van der Waals surface area contributed by atoms with Crippen LogP contribution < -0.4 is 4.90 Å². The molecule has 1 aromatic heterocycles. The molecule has 0 amide bonds. The fourth-order valence-electron chi connectivity index (χ4n) is 13.1. The third-order valence-corrected chi connectivity index (χ3v) is 16.6. The second-order valence-corrected chi connectivity index (χ2v) is 21.3. The first-order chi connectivity index (χ1) is 33.5. The Kier molecular flexibility index (Phi) is 8.18. The highest BCUT2D eigenvalue weighted by Gasteiger charge is 2.44. The molecule has 3 aliphatic carbocycles. The van der Waals surface area contributed by atoms with Crippen LogP contribution in [0.25, 0.3) is 82.8 Å². The topological polar surface area (TPSA) is 8.17 Å². The average molecular weight is 885 g/mol. The molecule has 0 saturated carbocycles. The molecule has 10 aromatic carbocycles. The molecule has 0 atom stereocenters. The summed E-state index contributed by atoms with van der Waals surface area (Å²) in [6.45, 7) is 14.5. The van der Waals surface area contributed by atoms with Crippen molar-refractivity contribution in [1.29, 1.82) is 0 Å². The summed E-state index contributed by atoms with van der Waals surface area (Å²) in [4.78, 5) is 2.54. The van der Waals surface area contributed by atoms with Crippen LogP contribution in [0.2, 0.25) is 0 Å². The smallest absolute Gasteiger partial charge is 0.0544 e. The quantitative estimate of drug-likeness (QED) is 0.167. The lowest BCUT2D eigenvalue weighted by molar-refractivity contribution is 0.652. The Bertz CT molecular complexity index is 3920. The molecule has 2 heteroatoms. The summed E-state index contributed by atoms with van der Waals surface area (Å²) in [6.07, 6.45) is 0. The normalized spacial score (nSPS) is 15.2. The van der Waals surface area contributed by atoms with Gasteiger partial charge in [-0.05, 0) is 138 Å². The number of para-hydroxylation sites is 2. The van der Waals surface area contributed by atoms with Gasteiger partial charge in [0.1, 0.15) is 0 Å². The van der Waals surface area contributed by atoms with Crippen LogP contribution >= 0.6 is 0 Å². The monoisotopic (exact) mass is 884 g/mol. The molecule has 0 unspecified atom stereocenters. The molecule has 14 rings (SSSR count). The van der Waals surface area contributed by atoms with Gasteiger partial charge in [-0.3, -0.25) is 0 Å². The molecule has 11 aromatic rings. The van der Waals surface area contributed by atoms with Gasteiger partial charge in [-0.2, -0.15) is 0 Å². The van der Waals surface area contributed by atoms with Gasteiger partial charge in [0.05, 0.1) is 22.4 Å². The number of hydrogen-bond acceptors (Lipinski definition) is 1. The lowest BCUT2D eigenvalue weighted by atomic mass is 9.79. The minimum atomic E-state index is -0.271. The molecule has 0 saturated heterocycles. The Morgan fingerprint density at radius 3 is 1.54 bits per heavy atom. The average Bonchev–Trinajstić information content (AvgIpc) is 4.00. The van der Waals surface area contributed by atoms with E-state index in [1.807, 2.05) is 0 Å². The lowest BCUT2D eigenvalue weighted by Crippen LogP contribution is -2.17. The van der Waals surface area contributed by atoms with Crippen LogP contribution in [-0.2, 0) is 16.2 Å². The maximum Gasteiger partial charge on any atom is 0.0544 e. The summed E-state index contributed by atoms with van der Waals surface area (Å²) in [5.41, 5.74) is 25.3. The number of nitrogens with zero attached hydrogens (tertiary/aromatic N) is 2. The first-order valence-electron chi connectivity index (χ1n) is 24.6. The molecule has 0 spiro atoms. The highest BCUT2D eigenvalue weighted by atomic mass is 15.1. The van der Waals surface area contributed by atoms with Gasteiger partial charge < -0.3 is 9.47 Å². The van der Waals surface area contributed by atoms with Gasteiger partial charge >= 0.3 is 0 Å². The summed E-state index contributed by atoms with van der Waals surface area (Å²) in [5, 5.41) is 5.14. The van der Waals surface area contributed by atoms with E-state index in [1.54, 1.807) is 0 Å². The van der Waals surface area contributed by atoms with Gasteiger partial charge in [0.15, 0.2) is 0 Å². The van der Waals surface area contributed by atoms with Crippen molar-refractivity contribution in [3.05, 3.63) is 240 Å². The summed E-state index contributed by atoms with van der Waals surface area (Å²) >= 11 is 0. The molecular formula is C67H52N2. The van der Waals surface area contributed by atoms with Crippen molar-refractivity contribution in [2.24, 2.45) is 0 Å². The third kappa shape index (κ3) is 5.43. The number of benzene rings is 10. The van der Waals surface area contributed by atoms with Crippen molar-refractivity contribution >= 4 is 49.6 Å². The molecular weight excluding hydrogens is 833 g/mol. The van der Waals surface area contributed by atoms with Crippen molar-refractivity contribution in [2.75, 3.05) is 4.90 Å². The van der Waals surface area contributed by atoms with Crippen LogP contribution in [0.4, 0.5) is 17.1 Å². The van der Waals surface area contributed by atoms with Gasteiger partial charge in [-0.1, -0.05) is 187 Å². The van der Waals surface area contributed by atoms with Crippen LogP contribution in [0.15, 0.2) is 206 Å². The fraction of sp³-hybridized carbons (Fsp3) is 0.134. The predicted octanol–water partition coefficient (Wildman–Crippen LogP) is 18.0. The molecule has 330 valence electrons. The second kappa shape index (κ2) is 14.1. The lowest BCUT2D eigenvalue weighted by Gasteiger charge is -2.30. The third-order valence-electron chi connectivity index (χ3n) is 16.6. The van der Waals surface area contributed by atoms with Crippen LogP contribution in [0.1, 0.15) is 74.9 Å². The largest absolute Gasteiger partial charge is 0.310 e. The molecule has 0 aliphatic heterocycles. The molecule has 3 aliphatic rings. The van der Waals surface area contributed by atoms with Gasteiger partial charge in [0.2, 0.25) is 0 Å². The Morgan fingerprint density at radius 1 is 0.319 bits per heavy atom. The van der Waals surface area contributed by atoms with Crippen molar-refractivity contribution in [3.63, 3.8) is 0 Å². The van der Waals surface area contributed by atoms with Crippen LogP contribution in [0.5, 0.6) is 0 Å². The van der Waals surface area contributed by atoms with E-state index in [9.17, 15) is 0 Å². The Labute approximate surface area is 404 Å². The van der Waals surface area contributed by atoms with E-state index < -0.39 is 0 Å². The zero-order valence-corrected chi connectivity index (χ0v) is 40.0. The van der Waals surface area contributed by atoms with E-state index in [4.69, 9.17) is 0 Å². The Balaban J connectivity index is 0.982. The van der Waals surface area contributed by atoms with Gasteiger partial charge in [0.25, 0.3) is 0 Å². The second-order valence-electron chi connectivity index (χ2n) is 21.3.